The van der Waals surface area contributed by atoms with Crippen LogP contribution in [0.2, 0.25) is 0 Å². The molecule has 0 saturated heterocycles. The summed E-state index contributed by atoms with van der Waals surface area (Å²) in [6.45, 7) is 5.48. The summed E-state index contributed by atoms with van der Waals surface area (Å²) in [5, 5.41) is 0. The van der Waals surface area contributed by atoms with Gasteiger partial charge in [0.05, 0.1) is 0 Å². The average molecular weight is 256 g/mol. The molecule has 0 fully saturated rings. The first-order valence-electron chi connectivity index (χ1n) is 6.59. The fraction of sp³-hybridized carbons (Fsp3) is 0.571. The first kappa shape index (κ1) is 14.7. The van der Waals surface area contributed by atoms with Gasteiger partial charge in [0.15, 0.2) is 11.6 Å². The van der Waals surface area contributed by atoms with Crippen molar-refractivity contribution in [2.24, 2.45) is 0 Å². The number of nitrogen functional groups attached to an aromatic ring is 1. The summed E-state index contributed by atoms with van der Waals surface area (Å²) >= 11 is 0. The van der Waals surface area contributed by atoms with E-state index >= 15 is 0 Å². The molecule has 0 amide bonds. The van der Waals surface area contributed by atoms with Crippen LogP contribution in [0.5, 0.6) is 0 Å². The number of unbranched alkanes of at least 4 members (excludes halogenated alkanes) is 2. The second-order valence-electron chi connectivity index (χ2n) is 4.53. The Morgan fingerprint density at radius 3 is 1.83 bits per heavy atom. The van der Waals surface area contributed by atoms with Crippen LogP contribution in [0.4, 0.5) is 20.2 Å². The monoisotopic (exact) mass is 256 g/mol. The quantitative estimate of drug-likeness (QED) is 0.748. The van der Waals surface area contributed by atoms with Crippen LogP contribution in [-0.4, -0.2) is 13.1 Å². The van der Waals surface area contributed by atoms with E-state index in [0.29, 0.717) is 13.1 Å². The van der Waals surface area contributed by atoms with Crippen molar-refractivity contribution in [2.75, 3.05) is 23.7 Å². The Morgan fingerprint density at radius 2 is 1.44 bits per heavy atom. The molecule has 18 heavy (non-hydrogen) atoms. The lowest BCUT2D eigenvalue weighted by molar-refractivity contribution is 0.562. The first-order valence-corrected chi connectivity index (χ1v) is 6.59. The summed E-state index contributed by atoms with van der Waals surface area (Å²) in [6, 6.07) is 2.37. The zero-order chi connectivity index (χ0) is 13.5. The number of nitrogens with zero attached hydrogens (tertiary/aromatic N) is 1. The summed E-state index contributed by atoms with van der Waals surface area (Å²) in [7, 11) is 0. The molecule has 0 aliphatic carbocycles. The van der Waals surface area contributed by atoms with Gasteiger partial charge in [-0.2, -0.15) is 0 Å². The molecule has 102 valence electrons. The maximum Gasteiger partial charge on any atom is 0.151 e. The highest BCUT2D eigenvalue weighted by Crippen LogP contribution is 2.26. The lowest BCUT2D eigenvalue weighted by atomic mass is 10.2. The SMILES string of the molecule is CCCCN(CCCC)c1c(F)cc(N)cc1F. The predicted molar refractivity (Wildman–Crippen MR) is 72.8 cm³/mol. The molecule has 2 N–H and O–H groups in total. The Hall–Kier alpha value is -1.32. The number of nitrogens with two attached hydrogens (primary N) is 1. The molecule has 0 radical (unpaired) electrons. The van der Waals surface area contributed by atoms with Crippen LogP contribution >= 0.6 is 0 Å². The van der Waals surface area contributed by atoms with E-state index in [4.69, 9.17) is 5.73 Å². The van der Waals surface area contributed by atoms with Gasteiger partial charge >= 0.3 is 0 Å². The summed E-state index contributed by atoms with van der Waals surface area (Å²) < 4.78 is 27.7. The molecule has 0 bridgehead atoms. The predicted octanol–water partition coefficient (Wildman–Crippen LogP) is 3.95. The van der Waals surface area contributed by atoms with Crippen LogP contribution in [0.15, 0.2) is 12.1 Å². The fourth-order valence-electron chi connectivity index (χ4n) is 1.92. The molecule has 0 saturated carbocycles. The highest BCUT2D eigenvalue weighted by molar-refractivity contribution is 5.55. The van der Waals surface area contributed by atoms with Crippen LogP contribution < -0.4 is 10.6 Å². The van der Waals surface area contributed by atoms with Crippen molar-refractivity contribution in [3.63, 3.8) is 0 Å². The van der Waals surface area contributed by atoms with Crippen molar-refractivity contribution in [1.82, 2.24) is 0 Å². The normalized spacial score (nSPS) is 10.7. The molecule has 0 atom stereocenters. The van der Waals surface area contributed by atoms with E-state index in [2.05, 4.69) is 13.8 Å². The molecule has 4 heteroatoms. The van der Waals surface area contributed by atoms with Gasteiger partial charge in [-0.25, -0.2) is 8.78 Å². The lowest BCUT2D eigenvalue weighted by Gasteiger charge is -2.25. The van der Waals surface area contributed by atoms with Crippen molar-refractivity contribution in [1.29, 1.82) is 0 Å². The summed E-state index contributed by atoms with van der Waals surface area (Å²) in [4.78, 5) is 1.79. The number of benzene rings is 1. The molecule has 1 aromatic rings. The Morgan fingerprint density at radius 1 is 1.00 bits per heavy atom. The highest BCUT2D eigenvalue weighted by atomic mass is 19.1. The summed E-state index contributed by atoms with van der Waals surface area (Å²) in [6.07, 6.45) is 3.85. The zero-order valence-corrected chi connectivity index (χ0v) is 11.2. The molecule has 0 unspecified atom stereocenters. The van der Waals surface area contributed by atoms with E-state index < -0.39 is 11.6 Å². The van der Waals surface area contributed by atoms with Crippen molar-refractivity contribution >= 4 is 11.4 Å². The molecule has 2 nitrogen and oxygen atoms in total. The van der Waals surface area contributed by atoms with E-state index in [1.165, 1.54) is 12.1 Å². The van der Waals surface area contributed by atoms with Crippen LogP contribution in [0.3, 0.4) is 0 Å². The van der Waals surface area contributed by atoms with Crippen LogP contribution in [-0.2, 0) is 0 Å². The molecule has 0 spiro atoms. The standard InChI is InChI=1S/C14H22F2N2/c1-3-5-7-18(8-6-4-2)14-12(15)9-11(17)10-13(14)16/h9-10H,3-8,17H2,1-2H3. The Kier molecular flexibility index (Phi) is 5.89. The van der Waals surface area contributed by atoms with Gasteiger partial charge in [-0.3, -0.25) is 0 Å². The Labute approximate surface area is 108 Å². The topological polar surface area (TPSA) is 29.3 Å². The maximum atomic E-state index is 13.9. The van der Waals surface area contributed by atoms with Crippen molar-refractivity contribution in [2.45, 2.75) is 39.5 Å². The minimum Gasteiger partial charge on any atom is -0.399 e. The van der Waals surface area contributed by atoms with Crippen LogP contribution in [0.25, 0.3) is 0 Å². The Balaban J connectivity index is 2.95. The lowest BCUT2D eigenvalue weighted by Crippen LogP contribution is -2.27. The molecule has 0 aliphatic rings. The van der Waals surface area contributed by atoms with Crippen molar-refractivity contribution in [3.8, 4) is 0 Å². The molecule has 1 aromatic carbocycles. The van der Waals surface area contributed by atoms with Gasteiger partial charge in [-0.15, -0.1) is 0 Å². The second-order valence-corrected chi connectivity index (χ2v) is 4.53. The highest BCUT2D eigenvalue weighted by Gasteiger charge is 2.16. The molecule has 0 aliphatic heterocycles. The largest absolute Gasteiger partial charge is 0.399 e. The number of anilines is 2. The fourth-order valence-corrected chi connectivity index (χ4v) is 1.92. The number of rotatable bonds is 7. The third kappa shape index (κ3) is 3.86. The molecular formula is C14H22F2N2. The third-order valence-corrected chi connectivity index (χ3v) is 2.92. The smallest absolute Gasteiger partial charge is 0.151 e. The maximum absolute atomic E-state index is 13.9. The van der Waals surface area contributed by atoms with Crippen LogP contribution in [0, 0.1) is 11.6 Å². The van der Waals surface area contributed by atoms with E-state index in [0.717, 1.165) is 25.7 Å². The minimum atomic E-state index is -0.570. The van der Waals surface area contributed by atoms with Gasteiger partial charge in [-0.05, 0) is 25.0 Å². The van der Waals surface area contributed by atoms with Gasteiger partial charge in [0, 0.05) is 18.8 Å². The van der Waals surface area contributed by atoms with E-state index in [1.807, 2.05) is 0 Å². The molecule has 0 aromatic heterocycles. The molecule has 0 heterocycles. The van der Waals surface area contributed by atoms with Gasteiger partial charge in [-0.1, -0.05) is 26.7 Å². The number of hydrogen-bond acceptors (Lipinski definition) is 2. The minimum absolute atomic E-state index is 0.0612. The third-order valence-electron chi connectivity index (χ3n) is 2.92. The van der Waals surface area contributed by atoms with E-state index in [-0.39, 0.29) is 11.4 Å². The van der Waals surface area contributed by atoms with E-state index in [1.54, 1.807) is 4.90 Å². The average Bonchev–Trinajstić information content (AvgIpc) is 2.30. The van der Waals surface area contributed by atoms with Gasteiger partial charge in [0.2, 0.25) is 0 Å². The van der Waals surface area contributed by atoms with Crippen LogP contribution in [0.1, 0.15) is 39.5 Å². The summed E-state index contributed by atoms with van der Waals surface area (Å²) in [5.41, 5.74) is 5.62. The van der Waals surface area contributed by atoms with Crippen molar-refractivity contribution < 1.29 is 8.78 Å². The van der Waals surface area contributed by atoms with Gasteiger partial charge < -0.3 is 10.6 Å². The number of hydrogen-bond donors (Lipinski definition) is 1. The number of halogens is 2. The second kappa shape index (κ2) is 7.19. The van der Waals surface area contributed by atoms with Gasteiger partial charge in [0.25, 0.3) is 0 Å². The molecular weight excluding hydrogens is 234 g/mol. The van der Waals surface area contributed by atoms with Crippen molar-refractivity contribution in [3.05, 3.63) is 23.8 Å². The zero-order valence-electron chi connectivity index (χ0n) is 11.2. The molecule has 1 rings (SSSR count). The first-order chi connectivity index (χ1) is 8.60. The van der Waals surface area contributed by atoms with Gasteiger partial charge in [0.1, 0.15) is 5.69 Å². The van der Waals surface area contributed by atoms with E-state index in [9.17, 15) is 8.78 Å². The summed E-state index contributed by atoms with van der Waals surface area (Å²) in [5.74, 6) is -1.14. The Bertz CT molecular complexity index is 349.